The van der Waals surface area contributed by atoms with E-state index in [1.165, 1.54) is 19.3 Å². The van der Waals surface area contributed by atoms with E-state index in [1.54, 1.807) is 0 Å². The second kappa shape index (κ2) is 8.48. The Balaban J connectivity index is 3.21. The van der Waals surface area contributed by atoms with Crippen molar-refractivity contribution in [3.63, 3.8) is 0 Å². The molecule has 0 aromatic carbocycles. The molecular weight excluding hydrogens is 168 g/mol. The molecule has 0 fully saturated rings. The zero-order valence-corrected chi connectivity index (χ0v) is 8.45. The molecule has 3 nitrogen and oxygen atoms in total. The van der Waals surface area contributed by atoms with Gasteiger partial charge in [-0.3, -0.25) is 0 Å². The normalized spacial score (nSPS) is 15.7. The number of hydrogen-bond donors (Lipinski definition) is 3. The van der Waals surface area contributed by atoms with Gasteiger partial charge in [-0.25, -0.2) is 0 Å². The molecule has 0 saturated carbocycles. The largest absolute Gasteiger partial charge is 0.394 e. The summed E-state index contributed by atoms with van der Waals surface area (Å²) in [5, 5.41) is 26.8. The van der Waals surface area contributed by atoms with Crippen molar-refractivity contribution in [1.82, 2.24) is 0 Å². The van der Waals surface area contributed by atoms with Gasteiger partial charge in [-0.1, -0.05) is 39.0 Å². The molecule has 3 heteroatoms. The van der Waals surface area contributed by atoms with Gasteiger partial charge in [-0.15, -0.1) is 0 Å². The molecule has 0 saturated heterocycles. The molecule has 2 unspecified atom stereocenters. The van der Waals surface area contributed by atoms with Gasteiger partial charge < -0.3 is 15.3 Å². The minimum atomic E-state index is -0.967. The van der Waals surface area contributed by atoms with E-state index < -0.39 is 12.2 Å². The van der Waals surface area contributed by atoms with Crippen LogP contribution in [-0.2, 0) is 0 Å². The lowest BCUT2D eigenvalue weighted by Gasteiger charge is -2.14. The number of aliphatic hydroxyl groups is 3. The van der Waals surface area contributed by atoms with Crippen LogP contribution >= 0.6 is 0 Å². The van der Waals surface area contributed by atoms with Gasteiger partial charge in [0.15, 0.2) is 0 Å². The summed E-state index contributed by atoms with van der Waals surface area (Å²) in [6, 6.07) is 0. The van der Waals surface area contributed by atoms with E-state index in [4.69, 9.17) is 10.2 Å². The SMILES string of the molecule is CCCCCCCC(O)C(O)CO. The monoisotopic (exact) mass is 190 g/mol. The third kappa shape index (κ3) is 6.99. The Labute approximate surface area is 80.4 Å². The van der Waals surface area contributed by atoms with Crippen molar-refractivity contribution < 1.29 is 15.3 Å². The minimum Gasteiger partial charge on any atom is -0.394 e. The summed E-state index contributed by atoms with van der Waals surface area (Å²) >= 11 is 0. The maximum Gasteiger partial charge on any atom is 0.103 e. The van der Waals surface area contributed by atoms with E-state index in [0.717, 1.165) is 12.8 Å². The van der Waals surface area contributed by atoms with Crippen LogP contribution in [0.1, 0.15) is 45.4 Å². The molecule has 13 heavy (non-hydrogen) atoms. The Bertz CT molecular complexity index is 106. The standard InChI is InChI=1S/C10H22O3/c1-2-3-4-5-6-7-9(12)10(13)8-11/h9-13H,2-8H2,1H3. The van der Waals surface area contributed by atoms with Gasteiger partial charge in [0.05, 0.1) is 12.7 Å². The lowest BCUT2D eigenvalue weighted by molar-refractivity contribution is -0.0185. The quantitative estimate of drug-likeness (QED) is 0.502. The molecular formula is C10H22O3. The second-order valence-corrected chi connectivity index (χ2v) is 3.52. The second-order valence-electron chi connectivity index (χ2n) is 3.52. The third-order valence-corrected chi connectivity index (χ3v) is 2.23. The molecule has 0 amide bonds. The van der Waals surface area contributed by atoms with Crippen molar-refractivity contribution in [3.8, 4) is 0 Å². The predicted octanol–water partition coefficient (Wildman–Crippen LogP) is 1.06. The van der Waals surface area contributed by atoms with Crippen LogP contribution in [-0.4, -0.2) is 34.1 Å². The summed E-state index contributed by atoms with van der Waals surface area (Å²) in [7, 11) is 0. The molecule has 80 valence electrons. The van der Waals surface area contributed by atoms with Crippen molar-refractivity contribution in [2.45, 2.75) is 57.7 Å². The summed E-state index contributed by atoms with van der Waals surface area (Å²) in [6.07, 6.45) is 4.53. The van der Waals surface area contributed by atoms with E-state index in [0.29, 0.717) is 6.42 Å². The molecule has 0 spiro atoms. The molecule has 0 heterocycles. The molecule has 0 aromatic rings. The van der Waals surface area contributed by atoms with Crippen molar-refractivity contribution in [2.24, 2.45) is 0 Å². The Morgan fingerprint density at radius 2 is 1.54 bits per heavy atom. The molecule has 0 aliphatic heterocycles. The van der Waals surface area contributed by atoms with Crippen LogP contribution in [0.5, 0.6) is 0 Å². The van der Waals surface area contributed by atoms with E-state index in [1.807, 2.05) is 0 Å². The van der Waals surface area contributed by atoms with Crippen molar-refractivity contribution in [3.05, 3.63) is 0 Å². The molecule has 0 rings (SSSR count). The van der Waals surface area contributed by atoms with E-state index in [9.17, 15) is 5.11 Å². The Morgan fingerprint density at radius 3 is 2.08 bits per heavy atom. The first kappa shape index (κ1) is 12.9. The number of hydrogen-bond acceptors (Lipinski definition) is 3. The first-order valence-electron chi connectivity index (χ1n) is 5.19. The summed E-state index contributed by atoms with van der Waals surface area (Å²) in [5.74, 6) is 0. The smallest absolute Gasteiger partial charge is 0.103 e. The fourth-order valence-electron chi connectivity index (χ4n) is 1.27. The lowest BCUT2D eigenvalue weighted by atomic mass is 10.1. The molecule has 0 aliphatic rings. The van der Waals surface area contributed by atoms with Gasteiger partial charge in [0.2, 0.25) is 0 Å². The lowest BCUT2D eigenvalue weighted by Crippen LogP contribution is -2.28. The van der Waals surface area contributed by atoms with Crippen molar-refractivity contribution in [2.75, 3.05) is 6.61 Å². The zero-order chi connectivity index (χ0) is 10.1. The van der Waals surface area contributed by atoms with Gasteiger partial charge in [0.25, 0.3) is 0 Å². The van der Waals surface area contributed by atoms with Gasteiger partial charge in [-0.05, 0) is 6.42 Å². The zero-order valence-electron chi connectivity index (χ0n) is 8.45. The molecule has 0 bridgehead atoms. The third-order valence-electron chi connectivity index (χ3n) is 2.23. The minimum absolute atomic E-state index is 0.351. The topological polar surface area (TPSA) is 60.7 Å². The van der Waals surface area contributed by atoms with Gasteiger partial charge in [0.1, 0.15) is 6.10 Å². The molecule has 0 aliphatic carbocycles. The van der Waals surface area contributed by atoms with Crippen LogP contribution in [0.3, 0.4) is 0 Å². The van der Waals surface area contributed by atoms with Crippen LogP contribution in [0.2, 0.25) is 0 Å². The molecule has 0 aromatic heterocycles. The maximum absolute atomic E-state index is 9.26. The van der Waals surface area contributed by atoms with E-state index in [-0.39, 0.29) is 6.61 Å². The van der Waals surface area contributed by atoms with E-state index in [2.05, 4.69) is 6.92 Å². The average Bonchev–Trinajstić information content (AvgIpc) is 2.16. The summed E-state index contributed by atoms with van der Waals surface area (Å²) < 4.78 is 0. The van der Waals surface area contributed by atoms with Crippen molar-refractivity contribution >= 4 is 0 Å². The average molecular weight is 190 g/mol. The first-order chi connectivity index (χ1) is 6.22. The van der Waals surface area contributed by atoms with Gasteiger partial charge in [-0.2, -0.15) is 0 Å². The van der Waals surface area contributed by atoms with Crippen LogP contribution in [0.4, 0.5) is 0 Å². The van der Waals surface area contributed by atoms with Gasteiger partial charge in [0, 0.05) is 0 Å². The molecule has 0 radical (unpaired) electrons. The van der Waals surface area contributed by atoms with Crippen LogP contribution < -0.4 is 0 Å². The Kier molecular flexibility index (Phi) is 8.40. The maximum atomic E-state index is 9.26. The summed E-state index contributed by atoms with van der Waals surface area (Å²) in [5.41, 5.74) is 0. The fourth-order valence-corrected chi connectivity index (χ4v) is 1.27. The fraction of sp³-hybridized carbons (Fsp3) is 1.00. The first-order valence-corrected chi connectivity index (χ1v) is 5.19. The number of rotatable bonds is 8. The highest BCUT2D eigenvalue weighted by Gasteiger charge is 2.13. The summed E-state index contributed by atoms with van der Waals surface area (Å²) in [4.78, 5) is 0. The Morgan fingerprint density at radius 1 is 0.923 bits per heavy atom. The molecule has 3 N–H and O–H groups in total. The Hall–Kier alpha value is -0.120. The highest BCUT2D eigenvalue weighted by molar-refractivity contribution is 4.65. The van der Waals surface area contributed by atoms with Crippen LogP contribution in [0.15, 0.2) is 0 Å². The van der Waals surface area contributed by atoms with Gasteiger partial charge >= 0.3 is 0 Å². The molecule has 2 atom stereocenters. The predicted molar refractivity (Wildman–Crippen MR) is 52.5 cm³/mol. The van der Waals surface area contributed by atoms with Crippen molar-refractivity contribution in [1.29, 1.82) is 0 Å². The highest BCUT2D eigenvalue weighted by Crippen LogP contribution is 2.09. The van der Waals surface area contributed by atoms with E-state index >= 15 is 0 Å². The number of aliphatic hydroxyl groups excluding tert-OH is 3. The van der Waals surface area contributed by atoms with Crippen LogP contribution in [0, 0.1) is 0 Å². The highest BCUT2D eigenvalue weighted by atomic mass is 16.4. The summed E-state index contributed by atoms with van der Waals surface area (Å²) in [6.45, 7) is 1.81. The van der Waals surface area contributed by atoms with Crippen LogP contribution in [0.25, 0.3) is 0 Å². The number of unbranched alkanes of at least 4 members (excludes halogenated alkanes) is 4.